The van der Waals surface area contributed by atoms with Crippen LogP contribution in [0.1, 0.15) is 26.3 Å². The predicted molar refractivity (Wildman–Crippen MR) is 89.1 cm³/mol. The van der Waals surface area contributed by atoms with Crippen LogP contribution in [0, 0.1) is 5.41 Å². The lowest BCUT2D eigenvalue weighted by molar-refractivity contribution is -0.137. The number of aliphatic hydroxyl groups excluding tert-OH is 2. The maximum Gasteiger partial charge on any atom is 0.407 e. The second-order valence-corrected chi connectivity index (χ2v) is 6.40. The summed E-state index contributed by atoms with van der Waals surface area (Å²) in [5, 5.41) is 24.2. The molecule has 1 aromatic rings. The molecule has 4 N–H and O–H groups in total. The number of hydrogen-bond donors (Lipinski definition) is 4. The van der Waals surface area contributed by atoms with E-state index in [1.165, 1.54) is 0 Å². The van der Waals surface area contributed by atoms with Gasteiger partial charge in [-0.2, -0.15) is 0 Å². The Balaban J connectivity index is 2.31. The molecule has 1 rings (SSSR count). The smallest absolute Gasteiger partial charge is 0.407 e. The summed E-state index contributed by atoms with van der Waals surface area (Å²) in [6.07, 6.45) is -1.92. The van der Waals surface area contributed by atoms with Gasteiger partial charge in [0, 0.05) is 18.0 Å². The zero-order chi connectivity index (χ0) is 18.2. The molecule has 2 atom stereocenters. The van der Waals surface area contributed by atoms with E-state index in [0.29, 0.717) is 0 Å². The number of carbonyl (C=O) groups excluding carboxylic acids is 2. The Morgan fingerprint density at radius 2 is 1.88 bits per heavy atom. The Hall–Kier alpha value is -2.12. The van der Waals surface area contributed by atoms with Gasteiger partial charge in [-0.05, 0) is 12.5 Å². The monoisotopic (exact) mass is 338 g/mol. The number of nitrogens with one attached hydrogen (secondary N) is 2. The number of ether oxygens (including phenoxy) is 1. The minimum absolute atomic E-state index is 0.158. The van der Waals surface area contributed by atoms with E-state index in [1.807, 2.05) is 30.3 Å². The third-order valence-corrected chi connectivity index (χ3v) is 3.55. The minimum Gasteiger partial charge on any atom is -0.445 e. The first-order valence-corrected chi connectivity index (χ1v) is 7.80. The molecule has 0 aliphatic carbocycles. The number of carbonyl (C=O) groups is 2. The van der Waals surface area contributed by atoms with Gasteiger partial charge in [0.1, 0.15) is 12.7 Å². The van der Waals surface area contributed by atoms with Crippen molar-refractivity contribution in [3.8, 4) is 0 Å². The number of rotatable bonds is 8. The highest BCUT2D eigenvalue weighted by molar-refractivity contribution is 5.81. The number of aliphatic hydroxyl groups is 2. The molecule has 0 unspecified atom stereocenters. The van der Waals surface area contributed by atoms with E-state index in [0.717, 1.165) is 5.56 Å². The van der Waals surface area contributed by atoms with E-state index >= 15 is 0 Å². The molecule has 0 aliphatic rings. The molecule has 1 aromatic carbocycles. The summed E-state index contributed by atoms with van der Waals surface area (Å²) in [5.74, 6) is -0.596. The Kier molecular flexibility index (Phi) is 7.67. The van der Waals surface area contributed by atoms with Crippen molar-refractivity contribution in [3.05, 3.63) is 35.9 Å². The largest absolute Gasteiger partial charge is 0.445 e. The first-order chi connectivity index (χ1) is 11.3. The van der Waals surface area contributed by atoms with Gasteiger partial charge >= 0.3 is 6.09 Å². The molecular formula is C17H26N2O5. The van der Waals surface area contributed by atoms with Crippen LogP contribution < -0.4 is 10.6 Å². The van der Waals surface area contributed by atoms with Crippen molar-refractivity contribution in [2.45, 2.75) is 39.5 Å². The van der Waals surface area contributed by atoms with Crippen LogP contribution in [-0.2, 0) is 16.1 Å². The van der Waals surface area contributed by atoms with E-state index in [2.05, 4.69) is 10.6 Å². The lowest BCUT2D eigenvalue weighted by Gasteiger charge is -2.28. The molecule has 0 radical (unpaired) electrons. The standard InChI is InChI=1S/C17H26N2O5/c1-12(19-15(22)14(21)17(2,3)11-20)9-18-16(23)24-10-13-7-5-4-6-8-13/h4-8,12,14,20-21H,9-11H2,1-3H3,(H,18,23)(H,19,22)/t12-,14+/m0/s1. The number of alkyl carbamates (subject to hydrolysis) is 1. The topological polar surface area (TPSA) is 108 Å². The van der Waals surface area contributed by atoms with E-state index in [9.17, 15) is 14.7 Å². The van der Waals surface area contributed by atoms with E-state index in [1.54, 1.807) is 20.8 Å². The normalized spacial score (nSPS) is 13.7. The van der Waals surface area contributed by atoms with Gasteiger partial charge in [0.2, 0.25) is 5.91 Å². The summed E-state index contributed by atoms with van der Waals surface area (Å²) in [4.78, 5) is 23.5. The van der Waals surface area contributed by atoms with E-state index in [4.69, 9.17) is 9.84 Å². The summed E-state index contributed by atoms with van der Waals surface area (Å²) in [6, 6.07) is 8.88. The molecule has 2 amide bonds. The molecule has 7 nitrogen and oxygen atoms in total. The molecule has 0 bridgehead atoms. The lowest BCUT2D eigenvalue weighted by Crippen LogP contribution is -2.50. The highest BCUT2D eigenvalue weighted by Gasteiger charge is 2.33. The maximum absolute atomic E-state index is 11.9. The van der Waals surface area contributed by atoms with Crippen molar-refractivity contribution in [1.82, 2.24) is 10.6 Å². The first-order valence-electron chi connectivity index (χ1n) is 7.80. The van der Waals surface area contributed by atoms with Gasteiger partial charge in [0.05, 0.1) is 6.61 Å². The molecule has 24 heavy (non-hydrogen) atoms. The average molecular weight is 338 g/mol. The number of hydrogen-bond acceptors (Lipinski definition) is 5. The average Bonchev–Trinajstić information content (AvgIpc) is 2.58. The number of benzene rings is 1. The third-order valence-electron chi connectivity index (χ3n) is 3.55. The molecule has 134 valence electrons. The van der Waals surface area contributed by atoms with Crippen molar-refractivity contribution in [2.24, 2.45) is 5.41 Å². The van der Waals surface area contributed by atoms with Gasteiger partial charge < -0.3 is 25.6 Å². The van der Waals surface area contributed by atoms with Crippen LogP contribution in [0.5, 0.6) is 0 Å². The molecule has 0 fully saturated rings. The molecule has 0 saturated heterocycles. The van der Waals surface area contributed by atoms with Crippen LogP contribution in [0.4, 0.5) is 4.79 Å². The quantitative estimate of drug-likeness (QED) is 0.561. The SMILES string of the molecule is C[C@@H](CNC(=O)OCc1ccccc1)NC(=O)[C@@H](O)C(C)(C)CO. The summed E-state index contributed by atoms with van der Waals surface area (Å²) in [6.45, 7) is 4.86. The molecule has 0 aliphatic heterocycles. The molecule has 0 spiro atoms. The van der Waals surface area contributed by atoms with Crippen molar-refractivity contribution >= 4 is 12.0 Å². The Bertz CT molecular complexity index is 533. The third kappa shape index (κ3) is 6.55. The zero-order valence-corrected chi connectivity index (χ0v) is 14.3. The highest BCUT2D eigenvalue weighted by Crippen LogP contribution is 2.19. The van der Waals surface area contributed by atoms with Gasteiger partial charge in [0.25, 0.3) is 0 Å². The van der Waals surface area contributed by atoms with Gasteiger partial charge in [-0.15, -0.1) is 0 Å². The molecular weight excluding hydrogens is 312 g/mol. The van der Waals surface area contributed by atoms with Crippen molar-refractivity contribution in [2.75, 3.05) is 13.2 Å². The van der Waals surface area contributed by atoms with Gasteiger partial charge in [-0.25, -0.2) is 4.79 Å². The summed E-state index contributed by atoms with van der Waals surface area (Å²) in [5.41, 5.74) is -0.0605. The highest BCUT2D eigenvalue weighted by atomic mass is 16.5. The maximum atomic E-state index is 11.9. The van der Waals surface area contributed by atoms with Crippen LogP contribution in [0.2, 0.25) is 0 Å². The Morgan fingerprint density at radius 3 is 2.46 bits per heavy atom. The van der Waals surface area contributed by atoms with Gasteiger partial charge in [0.15, 0.2) is 0 Å². The van der Waals surface area contributed by atoms with Crippen LogP contribution in [0.15, 0.2) is 30.3 Å². The molecule has 7 heteroatoms. The fourth-order valence-electron chi connectivity index (χ4n) is 1.82. The van der Waals surface area contributed by atoms with Gasteiger partial charge in [-0.3, -0.25) is 4.79 Å². The Morgan fingerprint density at radius 1 is 1.25 bits per heavy atom. The molecule has 0 saturated carbocycles. The predicted octanol–water partition coefficient (Wildman–Crippen LogP) is 0.797. The van der Waals surface area contributed by atoms with Gasteiger partial charge in [-0.1, -0.05) is 44.2 Å². The van der Waals surface area contributed by atoms with E-state index in [-0.39, 0.29) is 19.8 Å². The fraction of sp³-hybridized carbons (Fsp3) is 0.529. The van der Waals surface area contributed by atoms with Crippen LogP contribution in [0.3, 0.4) is 0 Å². The molecule has 0 heterocycles. The van der Waals surface area contributed by atoms with Crippen LogP contribution in [0.25, 0.3) is 0 Å². The minimum atomic E-state index is -1.34. The summed E-state index contributed by atoms with van der Waals surface area (Å²) in [7, 11) is 0. The van der Waals surface area contributed by atoms with Crippen molar-refractivity contribution in [3.63, 3.8) is 0 Å². The van der Waals surface area contributed by atoms with E-state index < -0.39 is 29.6 Å². The van der Waals surface area contributed by atoms with Crippen LogP contribution in [-0.4, -0.2) is 47.5 Å². The summed E-state index contributed by atoms with van der Waals surface area (Å²) >= 11 is 0. The first kappa shape index (κ1) is 19.9. The van der Waals surface area contributed by atoms with Crippen molar-refractivity contribution < 1.29 is 24.5 Å². The van der Waals surface area contributed by atoms with Crippen LogP contribution >= 0.6 is 0 Å². The second kappa shape index (κ2) is 9.24. The fourth-order valence-corrected chi connectivity index (χ4v) is 1.82. The zero-order valence-electron chi connectivity index (χ0n) is 14.3. The second-order valence-electron chi connectivity index (χ2n) is 6.40. The van der Waals surface area contributed by atoms with Crippen molar-refractivity contribution in [1.29, 1.82) is 0 Å². The lowest BCUT2D eigenvalue weighted by atomic mass is 9.87. The molecule has 0 aromatic heterocycles. The summed E-state index contributed by atoms with van der Waals surface area (Å²) < 4.78 is 5.06. The Labute approximate surface area is 142 Å². The number of amides is 2.